The van der Waals surface area contributed by atoms with E-state index in [0.29, 0.717) is 22.6 Å². The van der Waals surface area contributed by atoms with Crippen molar-refractivity contribution in [2.75, 3.05) is 16.9 Å². The number of amides is 2. The van der Waals surface area contributed by atoms with Gasteiger partial charge in [-0.2, -0.15) is 0 Å². The molecule has 0 aliphatic carbocycles. The van der Waals surface area contributed by atoms with E-state index in [0.717, 1.165) is 18.4 Å². The molecule has 0 fully saturated rings. The lowest BCUT2D eigenvalue weighted by atomic mass is 10.0. The topological polar surface area (TPSA) is 130 Å². The van der Waals surface area contributed by atoms with E-state index < -0.39 is 33.5 Å². The molecule has 0 aliphatic rings. The van der Waals surface area contributed by atoms with Crippen LogP contribution in [0.25, 0.3) is 11.3 Å². The molecular weight excluding hydrogens is 518 g/mol. The van der Waals surface area contributed by atoms with Crippen LogP contribution in [-0.4, -0.2) is 41.3 Å². The Bertz CT molecular complexity index is 1650. The summed E-state index contributed by atoms with van der Waals surface area (Å²) in [7, 11) is -3.41. The van der Waals surface area contributed by atoms with Gasteiger partial charge in [-0.3, -0.25) is 10.1 Å². The van der Waals surface area contributed by atoms with Gasteiger partial charge in [0.05, 0.1) is 28.4 Å². The minimum Gasteiger partial charge on any atom is -0.465 e. The summed E-state index contributed by atoms with van der Waals surface area (Å²) >= 11 is 0. The normalized spacial score (nSPS) is 11.3. The molecule has 3 N–H and O–H groups in total. The molecule has 9 nitrogen and oxygen atoms in total. The summed E-state index contributed by atoms with van der Waals surface area (Å²) in [6.45, 7) is 1.66. The summed E-state index contributed by atoms with van der Waals surface area (Å²) in [5.41, 5.74) is 1.71. The molecule has 0 saturated carbocycles. The average Bonchev–Trinajstić information content (AvgIpc) is 3.14. The Morgan fingerprint density at radius 1 is 1.03 bits per heavy atom. The Hall–Kier alpha value is -4.58. The summed E-state index contributed by atoms with van der Waals surface area (Å²) in [5.74, 6) is -2.04. The third kappa shape index (κ3) is 5.86. The summed E-state index contributed by atoms with van der Waals surface area (Å²) in [6.07, 6.45) is 1.28. The predicted molar refractivity (Wildman–Crippen MR) is 137 cm³/mol. The molecule has 4 rings (SSSR count). The van der Waals surface area contributed by atoms with Gasteiger partial charge in [0.15, 0.2) is 9.84 Å². The van der Waals surface area contributed by atoms with Gasteiger partial charge in [-0.15, -0.1) is 0 Å². The lowest BCUT2D eigenvalue weighted by molar-refractivity contribution is 0.102. The lowest BCUT2D eigenvalue weighted by Crippen LogP contribution is -2.12. The van der Waals surface area contributed by atoms with Crippen molar-refractivity contribution in [3.8, 4) is 11.3 Å². The first kappa shape index (κ1) is 26.5. The van der Waals surface area contributed by atoms with E-state index >= 15 is 0 Å². The van der Waals surface area contributed by atoms with Crippen molar-refractivity contribution in [3.63, 3.8) is 0 Å². The predicted octanol–water partition coefficient (Wildman–Crippen LogP) is 4.93. The van der Waals surface area contributed by atoms with Crippen molar-refractivity contribution in [2.24, 2.45) is 0 Å². The van der Waals surface area contributed by atoms with Crippen LogP contribution in [0.3, 0.4) is 0 Å². The molecule has 0 atom stereocenters. The maximum Gasteiger partial charge on any atom is 0.410 e. The minimum absolute atomic E-state index is 0.0401. The van der Waals surface area contributed by atoms with E-state index in [1.807, 2.05) is 0 Å². The number of hydrogen-bond donors (Lipinski definition) is 3. The SMILES string of the molecule is Cc1c(C(=O)Nc2ccc(S(C)(=O)=O)cc2)cn(Cc2cccc(NC(=O)O)n2)c1-c1ccc(F)cc1F. The molecule has 38 heavy (non-hydrogen) atoms. The maximum absolute atomic E-state index is 14.8. The molecule has 0 aliphatic heterocycles. The van der Waals surface area contributed by atoms with Gasteiger partial charge >= 0.3 is 6.09 Å². The molecule has 196 valence electrons. The monoisotopic (exact) mass is 540 g/mol. The van der Waals surface area contributed by atoms with Crippen molar-refractivity contribution in [2.45, 2.75) is 18.4 Å². The molecular formula is C26H22F2N4O5S. The molecule has 0 bridgehead atoms. The number of carboxylic acid groups (broad SMARTS) is 1. The highest BCUT2D eigenvalue weighted by Crippen LogP contribution is 2.32. The van der Waals surface area contributed by atoms with Gasteiger partial charge in [0.1, 0.15) is 17.5 Å². The first-order valence-electron chi connectivity index (χ1n) is 11.1. The Balaban J connectivity index is 1.73. The maximum atomic E-state index is 14.8. The Kier molecular flexibility index (Phi) is 7.26. The first-order valence-corrected chi connectivity index (χ1v) is 13.0. The molecule has 0 unspecified atom stereocenters. The zero-order valence-corrected chi connectivity index (χ0v) is 21.0. The van der Waals surface area contributed by atoms with Gasteiger partial charge in [0, 0.05) is 29.8 Å². The summed E-state index contributed by atoms with van der Waals surface area (Å²) < 4.78 is 53.4. The van der Waals surface area contributed by atoms with Crippen LogP contribution < -0.4 is 10.6 Å². The molecule has 2 aromatic carbocycles. The van der Waals surface area contributed by atoms with Crippen molar-refractivity contribution >= 4 is 33.3 Å². The Labute approximate surface area is 216 Å². The van der Waals surface area contributed by atoms with Crippen LogP contribution in [0, 0.1) is 18.6 Å². The smallest absolute Gasteiger partial charge is 0.410 e. The molecule has 0 radical (unpaired) electrons. The van der Waals surface area contributed by atoms with E-state index in [9.17, 15) is 26.8 Å². The molecule has 0 spiro atoms. The third-order valence-corrected chi connectivity index (χ3v) is 6.81. The average molecular weight is 541 g/mol. The number of sulfone groups is 1. The van der Waals surface area contributed by atoms with Crippen molar-refractivity contribution < 1.29 is 31.9 Å². The van der Waals surface area contributed by atoms with Crippen LogP contribution in [-0.2, 0) is 16.4 Å². The first-order chi connectivity index (χ1) is 17.9. The molecule has 0 saturated heterocycles. The van der Waals surface area contributed by atoms with E-state index in [-0.39, 0.29) is 28.4 Å². The second kappa shape index (κ2) is 10.4. The number of hydrogen-bond acceptors (Lipinski definition) is 5. The summed E-state index contributed by atoms with van der Waals surface area (Å²) in [5, 5.41) is 13.8. The number of benzene rings is 2. The highest BCUT2D eigenvalue weighted by molar-refractivity contribution is 7.90. The van der Waals surface area contributed by atoms with Gasteiger partial charge in [0.25, 0.3) is 5.91 Å². The quantitative estimate of drug-likeness (QED) is 0.305. The van der Waals surface area contributed by atoms with E-state index in [1.54, 1.807) is 23.6 Å². The van der Waals surface area contributed by atoms with Gasteiger partial charge in [-0.1, -0.05) is 6.07 Å². The fraction of sp³-hybridized carbons (Fsp3) is 0.115. The van der Waals surface area contributed by atoms with Crippen molar-refractivity contribution in [1.29, 1.82) is 0 Å². The summed E-state index contributed by atoms with van der Waals surface area (Å²) in [4.78, 5) is 28.5. The fourth-order valence-electron chi connectivity index (χ4n) is 3.96. The van der Waals surface area contributed by atoms with Crippen LogP contribution in [0.1, 0.15) is 21.6 Å². The highest BCUT2D eigenvalue weighted by atomic mass is 32.2. The van der Waals surface area contributed by atoms with Crippen LogP contribution in [0.2, 0.25) is 0 Å². The number of anilines is 2. The Morgan fingerprint density at radius 3 is 2.37 bits per heavy atom. The zero-order valence-electron chi connectivity index (χ0n) is 20.2. The molecule has 2 amide bonds. The van der Waals surface area contributed by atoms with Crippen LogP contribution in [0.4, 0.5) is 25.1 Å². The number of nitrogens with zero attached hydrogens (tertiary/aromatic N) is 2. The number of nitrogens with one attached hydrogen (secondary N) is 2. The van der Waals surface area contributed by atoms with Gasteiger partial charge in [0.2, 0.25) is 0 Å². The molecule has 2 heterocycles. The second-order valence-corrected chi connectivity index (χ2v) is 10.5. The summed E-state index contributed by atoms with van der Waals surface area (Å²) in [6, 6.07) is 13.4. The Morgan fingerprint density at radius 2 is 1.74 bits per heavy atom. The zero-order chi connectivity index (χ0) is 27.6. The van der Waals surface area contributed by atoms with Gasteiger partial charge < -0.3 is 15.0 Å². The van der Waals surface area contributed by atoms with E-state index in [1.165, 1.54) is 42.6 Å². The molecule has 12 heteroatoms. The van der Waals surface area contributed by atoms with E-state index in [4.69, 9.17) is 5.11 Å². The standard InChI is InChI=1S/C26H22F2N4O5S/c1-15-21(25(33)30-17-7-9-19(10-8-17)38(2,36)37)14-32(24(15)20-11-6-16(27)12-22(20)28)13-18-4-3-5-23(29-18)31-26(34)35/h3-12,14H,13H2,1-2H3,(H,29,31)(H,30,33)(H,34,35). The number of pyridine rings is 1. The minimum atomic E-state index is -3.41. The number of aromatic nitrogens is 2. The second-order valence-electron chi connectivity index (χ2n) is 8.46. The van der Waals surface area contributed by atoms with Crippen molar-refractivity contribution in [3.05, 3.63) is 95.3 Å². The fourth-order valence-corrected chi connectivity index (χ4v) is 4.59. The number of halogens is 2. The van der Waals surface area contributed by atoms with Crippen LogP contribution >= 0.6 is 0 Å². The molecule has 4 aromatic rings. The highest BCUT2D eigenvalue weighted by Gasteiger charge is 2.22. The van der Waals surface area contributed by atoms with E-state index in [2.05, 4.69) is 15.6 Å². The lowest BCUT2D eigenvalue weighted by Gasteiger charge is -2.12. The van der Waals surface area contributed by atoms with Crippen LogP contribution in [0.5, 0.6) is 0 Å². The number of carbonyl (C=O) groups is 2. The number of rotatable bonds is 7. The molecule has 2 aromatic heterocycles. The van der Waals surface area contributed by atoms with Crippen LogP contribution in [0.15, 0.2) is 71.8 Å². The number of carbonyl (C=O) groups excluding carboxylic acids is 1. The van der Waals surface area contributed by atoms with Gasteiger partial charge in [-0.05, 0) is 61.0 Å². The van der Waals surface area contributed by atoms with Crippen molar-refractivity contribution in [1.82, 2.24) is 9.55 Å². The van der Waals surface area contributed by atoms with Gasteiger partial charge in [-0.25, -0.2) is 27.0 Å². The largest absolute Gasteiger partial charge is 0.465 e. The third-order valence-electron chi connectivity index (χ3n) is 5.68.